The van der Waals surface area contributed by atoms with Crippen LogP contribution in [0, 0.1) is 0 Å². The molecule has 0 spiro atoms. The molecular weight excluding hydrogens is 438 g/mol. The number of imidazole rings is 1. The first-order valence-electron chi connectivity index (χ1n) is 11.1. The van der Waals surface area contributed by atoms with Crippen molar-refractivity contribution < 1.29 is 14.0 Å². The summed E-state index contributed by atoms with van der Waals surface area (Å²) >= 11 is 1.52. The first-order valence-corrected chi connectivity index (χ1v) is 12.0. The molecule has 4 aromatic rings. The summed E-state index contributed by atoms with van der Waals surface area (Å²) in [4.78, 5) is 35.7. The van der Waals surface area contributed by atoms with Crippen LogP contribution in [0.4, 0.5) is 0 Å². The Balaban J connectivity index is 1.11. The quantitative estimate of drug-likeness (QED) is 0.419. The summed E-state index contributed by atoms with van der Waals surface area (Å²) in [6.45, 7) is 2.70. The first kappa shape index (κ1) is 21.4. The minimum Gasteiger partial charge on any atom is -0.451 e. The molecule has 33 heavy (non-hydrogen) atoms. The molecule has 1 aromatic carbocycles. The fraction of sp³-hybridized carbons (Fsp3) is 0.333. The smallest absolute Gasteiger partial charge is 0.289 e. The fourth-order valence-electron chi connectivity index (χ4n) is 4.13. The van der Waals surface area contributed by atoms with Crippen LogP contribution in [-0.2, 0) is 6.54 Å². The van der Waals surface area contributed by atoms with E-state index in [1.54, 1.807) is 12.5 Å². The Morgan fingerprint density at radius 3 is 2.85 bits per heavy atom. The van der Waals surface area contributed by atoms with Crippen LogP contribution in [0.3, 0.4) is 0 Å². The summed E-state index contributed by atoms with van der Waals surface area (Å²) in [5.41, 5.74) is 1.20. The highest BCUT2D eigenvalue weighted by molar-refractivity contribution is 7.09. The largest absolute Gasteiger partial charge is 0.451 e. The van der Waals surface area contributed by atoms with E-state index in [9.17, 15) is 9.59 Å². The topological polar surface area (TPSA) is 93.3 Å². The van der Waals surface area contributed by atoms with Gasteiger partial charge in [-0.2, -0.15) is 0 Å². The van der Waals surface area contributed by atoms with Crippen molar-refractivity contribution in [3.63, 3.8) is 0 Å². The normalized spacial score (nSPS) is 14.6. The Morgan fingerprint density at radius 2 is 2.06 bits per heavy atom. The minimum atomic E-state index is -0.138. The number of benzene rings is 1. The number of nitrogens with zero attached hydrogens (tertiary/aromatic N) is 4. The van der Waals surface area contributed by atoms with Crippen LogP contribution in [-0.4, -0.2) is 50.9 Å². The summed E-state index contributed by atoms with van der Waals surface area (Å²) in [6, 6.07) is 9.45. The second-order valence-corrected chi connectivity index (χ2v) is 9.09. The zero-order valence-corrected chi connectivity index (χ0v) is 19.0. The molecule has 0 atom stereocenters. The standard InChI is InChI=1S/C24H25N5O3S/c30-22(26-8-3-10-28-13-9-25-16-28)19-15-33-23(27-19)17-6-11-29(12-7-17)24(31)21-14-18-4-1-2-5-20(18)32-21/h1-2,4-5,9,13-17H,3,6-8,10-12H2,(H,26,30). The first-order chi connectivity index (χ1) is 16.2. The molecule has 5 rings (SSSR count). The monoisotopic (exact) mass is 463 g/mol. The number of rotatable bonds is 7. The molecule has 9 heteroatoms. The van der Waals surface area contributed by atoms with Crippen molar-refractivity contribution in [1.29, 1.82) is 0 Å². The lowest BCUT2D eigenvalue weighted by atomic mass is 9.97. The van der Waals surface area contributed by atoms with E-state index in [0.29, 0.717) is 31.1 Å². The number of piperidine rings is 1. The van der Waals surface area contributed by atoms with Crippen LogP contribution in [0.15, 0.2) is 58.9 Å². The van der Waals surface area contributed by atoms with Gasteiger partial charge in [0.05, 0.1) is 11.3 Å². The van der Waals surface area contributed by atoms with Crippen molar-refractivity contribution in [2.75, 3.05) is 19.6 Å². The highest BCUT2D eigenvalue weighted by Crippen LogP contribution is 2.31. The van der Waals surface area contributed by atoms with Gasteiger partial charge in [0.1, 0.15) is 11.3 Å². The van der Waals surface area contributed by atoms with E-state index in [0.717, 1.165) is 41.8 Å². The third-order valence-electron chi connectivity index (χ3n) is 5.96. The molecule has 0 bridgehead atoms. The molecule has 8 nitrogen and oxygen atoms in total. The lowest BCUT2D eigenvalue weighted by Crippen LogP contribution is -2.37. The third kappa shape index (κ3) is 4.83. The number of aromatic nitrogens is 3. The molecule has 1 N–H and O–H groups in total. The van der Waals surface area contributed by atoms with Gasteiger partial charge in [-0.1, -0.05) is 18.2 Å². The molecule has 4 heterocycles. The summed E-state index contributed by atoms with van der Waals surface area (Å²) in [7, 11) is 0. The van der Waals surface area contributed by atoms with E-state index in [1.165, 1.54) is 11.3 Å². The van der Waals surface area contributed by atoms with Gasteiger partial charge in [0.15, 0.2) is 5.76 Å². The van der Waals surface area contributed by atoms with Gasteiger partial charge in [0.2, 0.25) is 0 Å². The van der Waals surface area contributed by atoms with E-state index in [-0.39, 0.29) is 17.7 Å². The number of hydrogen-bond donors (Lipinski definition) is 1. The third-order valence-corrected chi connectivity index (χ3v) is 6.97. The van der Waals surface area contributed by atoms with E-state index < -0.39 is 0 Å². The van der Waals surface area contributed by atoms with Crippen molar-refractivity contribution >= 4 is 34.1 Å². The van der Waals surface area contributed by atoms with Crippen molar-refractivity contribution in [1.82, 2.24) is 24.8 Å². The second-order valence-electron chi connectivity index (χ2n) is 8.20. The average Bonchev–Trinajstić information content (AvgIpc) is 3.61. The van der Waals surface area contributed by atoms with E-state index in [1.807, 2.05) is 51.4 Å². The van der Waals surface area contributed by atoms with Gasteiger partial charge in [-0.3, -0.25) is 9.59 Å². The van der Waals surface area contributed by atoms with Gasteiger partial charge in [-0.25, -0.2) is 9.97 Å². The highest BCUT2D eigenvalue weighted by atomic mass is 32.1. The van der Waals surface area contributed by atoms with Crippen LogP contribution in [0.2, 0.25) is 0 Å². The maximum atomic E-state index is 12.9. The Hall–Kier alpha value is -3.46. The molecular formula is C24H25N5O3S. The van der Waals surface area contributed by atoms with Crippen molar-refractivity contribution in [2.24, 2.45) is 0 Å². The highest BCUT2D eigenvalue weighted by Gasteiger charge is 2.28. The Morgan fingerprint density at radius 1 is 1.21 bits per heavy atom. The number of amides is 2. The van der Waals surface area contributed by atoms with Crippen LogP contribution in [0.1, 0.15) is 51.2 Å². The summed E-state index contributed by atoms with van der Waals surface area (Å²) in [6.07, 6.45) is 7.90. The molecule has 0 radical (unpaired) electrons. The number of hydrogen-bond acceptors (Lipinski definition) is 6. The maximum absolute atomic E-state index is 12.9. The summed E-state index contributed by atoms with van der Waals surface area (Å²) in [5.74, 6) is 0.439. The van der Waals surface area contributed by atoms with E-state index in [2.05, 4.69) is 15.3 Å². The van der Waals surface area contributed by atoms with Gasteiger partial charge in [0.25, 0.3) is 11.8 Å². The minimum absolute atomic E-state index is 0.0699. The number of furan rings is 1. The number of nitrogens with one attached hydrogen (secondary N) is 1. The number of para-hydroxylation sites is 1. The average molecular weight is 464 g/mol. The van der Waals surface area contributed by atoms with Gasteiger partial charge in [0, 0.05) is 55.3 Å². The molecule has 0 unspecified atom stereocenters. The van der Waals surface area contributed by atoms with Gasteiger partial charge < -0.3 is 19.2 Å². The Bertz CT molecular complexity index is 1210. The zero-order valence-electron chi connectivity index (χ0n) is 18.1. The molecule has 1 fully saturated rings. The van der Waals surface area contributed by atoms with Crippen LogP contribution in [0.25, 0.3) is 11.0 Å². The Labute approximate surface area is 195 Å². The second kappa shape index (κ2) is 9.58. The molecule has 2 amide bonds. The number of aryl methyl sites for hydroxylation is 1. The molecule has 1 saturated heterocycles. The predicted molar refractivity (Wildman–Crippen MR) is 125 cm³/mol. The van der Waals surface area contributed by atoms with Crippen LogP contribution >= 0.6 is 11.3 Å². The number of likely N-dealkylation sites (tertiary alicyclic amines) is 1. The molecule has 0 aliphatic carbocycles. The zero-order chi connectivity index (χ0) is 22.6. The number of thiazole rings is 1. The van der Waals surface area contributed by atoms with Gasteiger partial charge in [-0.05, 0) is 31.4 Å². The van der Waals surface area contributed by atoms with Crippen molar-refractivity contribution in [3.8, 4) is 0 Å². The lowest BCUT2D eigenvalue weighted by molar-refractivity contribution is 0.0683. The van der Waals surface area contributed by atoms with Crippen LogP contribution in [0.5, 0.6) is 0 Å². The Kier molecular flexibility index (Phi) is 6.21. The number of fused-ring (bicyclic) bond motifs is 1. The molecule has 3 aromatic heterocycles. The molecule has 0 saturated carbocycles. The maximum Gasteiger partial charge on any atom is 0.289 e. The summed E-state index contributed by atoms with van der Waals surface area (Å²) in [5, 5.41) is 6.67. The van der Waals surface area contributed by atoms with Crippen molar-refractivity contribution in [3.05, 3.63) is 70.9 Å². The van der Waals surface area contributed by atoms with Crippen LogP contribution < -0.4 is 5.32 Å². The van der Waals surface area contributed by atoms with Gasteiger partial charge in [-0.15, -0.1) is 11.3 Å². The number of carbonyl (C=O) groups excluding carboxylic acids is 2. The predicted octanol–water partition coefficient (Wildman–Crippen LogP) is 3.93. The molecule has 1 aliphatic rings. The van der Waals surface area contributed by atoms with E-state index in [4.69, 9.17) is 4.42 Å². The SMILES string of the molecule is O=C(NCCCn1ccnc1)c1csc(C2CCN(C(=O)c3cc4ccccc4o3)CC2)n1. The number of carbonyl (C=O) groups is 2. The lowest BCUT2D eigenvalue weighted by Gasteiger charge is -2.30. The van der Waals surface area contributed by atoms with Crippen molar-refractivity contribution in [2.45, 2.75) is 31.7 Å². The fourth-order valence-corrected chi connectivity index (χ4v) is 5.10. The van der Waals surface area contributed by atoms with E-state index >= 15 is 0 Å². The van der Waals surface area contributed by atoms with Gasteiger partial charge >= 0.3 is 0 Å². The molecule has 1 aliphatic heterocycles. The summed E-state index contributed by atoms with van der Waals surface area (Å²) < 4.78 is 7.72. The molecule has 170 valence electrons.